The van der Waals surface area contributed by atoms with Crippen LogP contribution in [-0.2, 0) is 11.2 Å². The van der Waals surface area contributed by atoms with E-state index in [4.69, 9.17) is 16.3 Å². The standard InChI is InChI=1S/C18H20ClNO2S/c1-13(23-17-9-5-15(19)6-10-17)18(21)20-12-11-14-3-7-16(22-2)8-4-14/h3-10,13H,11-12H2,1-2H3,(H,20,21)/t13-/m1/s1. The first-order valence-electron chi connectivity index (χ1n) is 7.41. The van der Waals surface area contributed by atoms with Gasteiger partial charge < -0.3 is 10.1 Å². The lowest BCUT2D eigenvalue weighted by Crippen LogP contribution is -2.32. The molecule has 0 saturated carbocycles. The molecule has 3 nitrogen and oxygen atoms in total. The van der Waals surface area contributed by atoms with Gasteiger partial charge in [0, 0.05) is 16.5 Å². The minimum Gasteiger partial charge on any atom is -0.497 e. The molecule has 23 heavy (non-hydrogen) atoms. The second-order valence-electron chi connectivity index (χ2n) is 5.10. The number of halogens is 1. The molecule has 0 bridgehead atoms. The molecule has 2 aromatic rings. The second-order valence-corrected chi connectivity index (χ2v) is 6.95. The van der Waals surface area contributed by atoms with E-state index < -0.39 is 0 Å². The van der Waals surface area contributed by atoms with Crippen molar-refractivity contribution in [2.24, 2.45) is 0 Å². The van der Waals surface area contributed by atoms with Crippen LogP contribution in [0.5, 0.6) is 5.75 Å². The number of ether oxygens (including phenoxy) is 1. The summed E-state index contributed by atoms with van der Waals surface area (Å²) in [6.45, 7) is 2.53. The summed E-state index contributed by atoms with van der Waals surface area (Å²) in [4.78, 5) is 13.2. The highest BCUT2D eigenvalue weighted by molar-refractivity contribution is 8.00. The van der Waals surface area contributed by atoms with Crippen LogP contribution in [0.4, 0.5) is 0 Å². The number of hydrogen-bond donors (Lipinski definition) is 1. The van der Waals surface area contributed by atoms with Crippen molar-refractivity contribution in [1.29, 1.82) is 0 Å². The highest BCUT2D eigenvalue weighted by atomic mass is 35.5. The fourth-order valence-corrected chi connectivity index (χ4v) is 3.05. The van der Waals surface area contributed by atoms with E-state index in [2.05, 4.69) is 5.32 Å². The van der Waals surface area contributed by atoms with Crippen LogP contribution in [0, 0.1) is 0 Å². The number of methoxy groups -OCH3 is 1. The average molecular weight is 350 g/mol. The Hall–Kier alpha value is -1.65. The van der Waals surface area contributed by atoms with E-state index in [-0.39, 0.29) is 11.2 Å². The van der Waals surface area contributed by atoms with E-state index in [0.29, 0.717) is 11.6 Å². The molecule has 0 spiro atoms. The van der Waals surface area contributed by atoms with E-state index >= 15 is 0 Å². The lowest BCUT2D eigenvalue weighted by Gasteiger charge is -2.12. The van der Waals surface area contributed by atoms with Crippen LogP contribution >= 0.6 is 23.4 Å². The van der Waals surface area contributed by atoms with Gasteiger partial charge in [-0.3, -0.25) is 4.79 Å². The van der Waals surface area contributed by atoms with Gasteiger partial charge in [-0.2, -0.15) is 0 Å². The fourth-order valence-electron chi connectivity index (χ4n) is 2.04. The smallest absolute Gasteiger partial charge is 0.233 e. The predicted octanol–water partition coefficient (Wildman–Crippen LogP) is 4.19. The topological polar surface area (TPSA) is 38.3 Å². The number of rotatable bonds is 7. The zero-order chi connectivity index (χ0) is 16.7. The summed E-state index contributed by atoms with van der Waals surface area (Å²) in [5.41, 5.74) is 1.17. The Morgan fingerprint density at radius 3 is 2.43 bits per heavy atom. The molecular weight excluding hydrogens is 330 g/mol. The molecule has 122 valence electrons. The third-order valence-corrected chi connectivity index (χ3v) is 4.73. The average Bonchev–Trinajstić information content (AvgIpc) is 2.57. The molecule has 0 saturated heterocycles. The fraction of sp³-hybridized carbons (Fsp3) is 0.278. The molecule has 1 atom stereocenters. The van der Waals surface area contributed by atoms with Gasteiger partial charge in [-0.1, -0.05) is 23.7 Å². The predicted molar refractivity (Wildman–Crippen MR) is 96.5 cm³/mol. The minimum atomic E-state index is -0.146. The normalized spacial score (nSPS) is 11.8. The maximum absolute atomic E-state index is 12.1. The maximum atomic E-state index is 12.1. The molecule has 0 aliphatic heterocycles. The Morgan fingerprint density at radius 1 is 1.17 bits per heavy atom. The zero-order valence-electron chi connectivity index (χ0n) is 13.2. The van der Waals surface area contributed by atoms with E-state index in [9.17, 15) is 4.79 Å². The maximum Gasteiger partial charge on any atom is 0.233 e. The van der Waals surface area contributed by atoms with E-state index in [1.807, 2.05) is 55.5 Å². The summed E-state index contributed by atoms with van der Waals surface area (Å²) < 4.78 is 5.13. The molecule has 0 aliphatic carbocycles. The third-order valence-electron chi connectivity index (χ3n) is 3.37. The summed E-state index contributed by atoms with van der Waals surface area (Å²) in [7, 11) is 1.65. The van der Waals surface area contributed by atoms with Gasteiger partial charge in [-0.05, 0) is 55.3 Å². The first-order chi connectivity index (χ1) is 11.1. The summed E-state index contributed by atoms with van der Waals surface area (Å²) in [5.74, 6) is 0.879. The van der Waals surface area contributed by atoms with Gasteiger partial charge in [0.2, 0.25) is 5.91 Å². The molecule has 1 amide bonds. The van der Waals surface area contributed by atoms with Crippen molar-refractivity contribution in [2.45, 2.75) is 23.5 Å². The Bertz CT molecular complexity index is 628. The Kier molecular flexibility index (Phi) is 6.81. The van der Waals surface area contributed by atoms with Crippen molar-refractivity contribution in [3.63, 3.8) is 0 Å². The van der Waals surface area contributed by atoms with Crippen molar-refractivity contribution in [3.05, 3.63) is 59.1 Å². The first-order valence-corrected chi connectivity index (χ1v) is 8.67. The minimum absolute atomic E-state index is 0.0402. The summed E-state index contributed by atoms with van der Waals surface area (Å²) in [5, 5.41) is 3.53. The number of nitrogens with one attached hydrogen (secondary N) is 1. The van der Waals surface area contributed by atoms with Crippen LogP contribution in [0.25, 0.3) is 0 Å². The van der Waals surface area contributed by atoms with Crippen LogP contribution in [0.2, 0.25) is 5.02 Å². The zero-order valence-corrected chi connectivity index (χ0v) is 14.8. The molecule has 0 unspecified atom stereocenters. The van der Waals surface area contributed by atoms with Gasteiger partial charge in [-0.25, -0.2) is 0 Å². The first kappa shape index (κ1) is 17.7. The summed E-state index contributed by atoms with van der Waals surface area (Å²) >= 11 is 7.38. The number of carbonyl (C=O) groups excluding carboxylic acids is 1. The largest absolute Gasteiger partial charge is 0.497 e. The number of thioether (sulfide) groups is 1. The molecule has 0 fully saturated rings. The van der Waals surface area contributed by atoms with Gasteiger partial charge in [0.25, 0.3) is 0 Å². The van der Waals surface area contributed by atoms with Crippen molar-refractivity contribution in [2.75, 3.05) is 13.7 Å². The number of amides is 1. The van der Waals surface area contributed by atoms with Crippen molar-refractivity contribution >= 4 is 29.3 Å². The second kappa shape index (κ2) is 8.85. The van der Waals surface area contributed by atoms with Crippen molar-refractivity contribution in [3.8, 4) is 5.75 Å². The molecule has 0 aliphatic rings. The number of carbonyl (C=O) groups is 1. The molecule has 5 heteroatoms. The van der Waals surface area contributed by atoms with E-state index in [0.717, 1.165) is 17.1 Å². The molecular formula is C18H20ClNO2S. The van der Waals surface area contributed by atoms with Crippen LogP contribution < -0.4 is 10.1 Å². The van der Waals surface area contributed by atoms with Crippen LogP contribution in [0.3, 0.4) is 0 Å². The van der Waals surface area contributed by atoms with Crippen LogP contribution in [0.1, 0.15) is 12.5 Å². The van der Waals surface area contributed by atoms with Gasteiger partial charge in [0.1, 0.15) is 5.75 Å². The molecule has 0 radical (unpaired) electrons. The van der Waals surface area contributed by atoms with Gasteiger partial charge in [0.05, 0.1) is 12.4 Å². The molecule has 0 heterocycles. The molecule has 0 aromatic heterocycles. The lowest BCUT2D eigenvalue weighted by atomic mass is 10.1. The molecule has 1 N–H and O–H groups in total. The quantitative estimate of drug-likeness (QED) is 0.762. The highest BCUT2D eigenvalue weighted by Gasteiger charge is 2.13. The van der Waals surface area contributed by atoms with Gasteiger partial charge in [-0.15, -0.1) is 11.8 Å². The van der Waals surface area contributed by atoms with Crippen molar-refractivity contribution < 1.29 is 9.53 Å². The Morgan fingerprint density at radius 2 is 1.83 bits per heavy atom. The Balaban J connectivity index is 1.75. The monoisotopic (exact) mass is 349 g/mol. The highest BCUT2D eigenvalue weighted by Crippen LogP contribution is 2.24. The van der Waals surface area contributed by atoms with Crippen molar-refractivity contribution in [1.82, 2.24) is 5.32 Å². The lowest BCUT2D eigenvalue weighted by molar-refractivity contribution is -0.120. The molecule has 2 rings (SSSR count). The molecule has 2 aromatic carbocycles. The Labute approximate surface area is 146 Å². The SMILES string of the molecule is COc1ccc(CCNC(=O)[C@@H](C)Sc2ccc(Cl)cc2)cc1. The summed E-state index contributed by atoms with van der Waals surface area (Å²) in [6.07, 6.45) is 0.800. The van der Waals surface area contributed by atoms with Crippen LogP contribution in [-0.4, -0.2) is 24.8 Å². The van der Waals surface area contributed by atoms with Gasteiger partial charge in [0.15, 0.2) is 0 Å². The number of hydrogen-bond acceptors (Lipinski definition) is 3. The number of benzene rings is 2. The van der Waals surface area contributed by atoms with E-state index in [1.54, 1.807) is 7.11 Å². The van der Waals surface area contributed by atoms with Gasteiger partial charge >= 0.3 is 0 Å². The van der Waals surface area contributed by atoms with Crippen LogP contribution in [0.15, 0.2) is 53.4 Å². The summed E-state index contributed by atoms with van der Waals surface area (Å²) in [6, 6.07) is 15.4. The third kappa shape index (κ3) is 5.81. The van der Waals surface area contributed by atoms with E-state index in [1.165, 1.54) is 17.3 Å².